The van der Waals surface area contributed by atoms with Gasteiger partial charge in [0.15, 0.2) is 0 Å². The van der Waals surface area contributed by atoms with Gasteiger partial charge in [0.2, 0.25) is 5.91 Å². The molecule has 0 N–H and O–H groups in total. The number of benzene rings is 1. The average molecular weight is 360 g/mol. The number of amides is 1. The minimum absolute atomic E-state index is 0.0760. The molecule has 3 atom stereocenters. The molecule has 3 heterocycles. The Morgan fingerprint density at radius 1 is 1.31 bits per heavy atom. The molecule has 0 unspecified atom stereocenters. The van der Waals surface area contributed by atoms with Crippen LogP contribution in [0.5, 0.6) is 5.75 Å². The first-order valence-corrected chi connectivity index (χ1v) is 9.62. The maximum Gasteiger partial charge on any atom is 0.227 e. The van der Waals surface area contributed by atoms with E-state index in [0.29, 0.717) is 19.7 Å². The van der Waals surface area contributed by atoms with Gasteiger partial charge in [0.05, 0.1) is 18.6 Å². The van der Waals surface area contributed by atoms with E-state index in [4.69, 9.17) is 9.47 Å². The molecule has 1 aromatic rings. The van der Waals surface area contributed by atoms with Crippen LogP contribution in [0, 0.1) is 23.6 Å². The topological polar surface area (TPSA) is 42.0 Å². The summed E-state index contributed by atoms with van der Waals surface area (Å²) in [5.41, 5.74) is 0.913. The summed E-state index contributed by atoms with van der Waals surface area (Å²) in [6.45, 7) is 3.64. The fourth-order valence-electron chi connectivity index (χ4n) is 4.78. The van der Waals surface area contributed by atoms with Gasteiger partial charge in [0.1, 0.15) is 11.6 Å². The van der Waals surface area contributed by atoms with Gasteiger partial charge in [-0.1, -0.05) is 0 Å². The molecule has 5 nitrogen and oxygen atoms in total. The third kappa shape index (κ3) is 2.70. The number of hydrogen-bond acceptors (Lipinski definition) is 4. The molecule has 3 aliphatic heterocycles. The number of nitrogens with zero attached hydrogens (tertiary/aromatic N) is 2. The Morgan fingerprint density at radius 3 is 2.85 bits per heavy atom. The van der Waals surface area contributed by atoms with E-state index in [2.05, 4.69) is 4.90 Å². The van der Waals surface area contributed by atoms with E-state index in [0.717, 1.165) is 30.3 Å². The SMILES string of the molecule is COC1CN(C(=O)[C@@H]2CN(CC3CC3)[C@H]3c4cc(F)ccc4OC[C@@H]23)C1. The summed E-state index contributed by atoms with van der Waals surface area (Å²) < 4.78 is 25.2. The van der Waals surface area contributed by atoms with Gasteiger partial charge >= 0.3 is 0 Å². The molecule has 0 radical (unpaired) electrons. The van der Waals surface area contributed by atoms with Crippen molar-refractivity contribution in [3.8, 4) is 5.75 Å². The van der Waals surface area contributed by atoms with Crippen LogP contribution in [0.4, 0.5) is 4.39 Å². The number of rotatable bonds is 4. The van der Waals surface area contributed by atoms with Crippen LogP contribution in [-0.4, -0.2) is 61.7 Å². The number of carbonyl (C=O) groups excluding carboxylic acids is 1. The lowest BCUT2D eigenvalue weighted by atomic mass is 9.84. The van der Waals surface area contributed by atoms with E-state index in [-0.39, 0.29) is 35.7 Å². The molecule has 3 fully saturated rings. The first kappa shape index (κ1) is 16.5. The standard InChI is InChI=1S/C20H25FN2O3/c1-25-14-8-23(9-14)20(24)16-10-22(7-12-2-3-12)19-15-6-13(21)4-5-18(15)26-11-17(16)19/h4-6,12,14,16-17,19H,2-3,7-11H2,1H3/t16-,17+,19+/m1/s1. The minimum Gasteiger partial charge on any atom is -0.493 e. The zero-order valence-electron chi connectivity index (χ0n) is 15.1. The normalized spacial score (nSPS) is 31.2. The third-order valence-corrected chi connectivity index (χ3v) is 6.47. The number of ether oxygens (including phenoxy) is 2. The number of fused-ring (bicyclic) bond motifs is 3. The smallest absolute Gasteiger partial charge is 0.227 e. The second-order valence-corrected chi connectivity index (χ2v) is 8.21. The maximum atomic E-state index is 13.9. The lowest BCUT2D eigenvalue weighted by Crippen LogP contribution is -2.57. The number of halogens is 1. The highest BCUT2D eigenvalue weighted by Gasteiger charge is 2.51. The third-order valence-electron chi connectivity index (χ3n) is 6.47. The quantitative estimate of drug-likeness (QED) is 0.824. The van der Waals surface area contributed by atoms with Crippen molar-refractivity contribution in [2.24, 2.45) is 17.8 Å². The van der Waals surface area contributed by atoms with Crippen molar-refractivity contribution in [2.45, 2.75) is 25.0 Å². The number of methoxy groups -OCH3 is 1. The van der Waals surface area contributed by atoms with Gasteiger partial charge < -0.3 is 14.4 Å². The molecule has 0 aromatic heterocycles. The monoisotopic (exact) mass is 360 g/mol. The molecular weight excluding hydrogens is 335 g/mol. The summed E-state index contributed by atoms with van der Waals surface area (Å²) in [4.78, 5) is 17.4. The molecular formula is C20H25FN2O3. The van der Waals surface area contributed by atoms with Crippen LogP contribution >= 0.6 is 0 Å². The molecule has 0 bridgehead atoms. The lowest BCUT2D eigenvalue weighted by molar-refractivity contribution is -0.148. The second-order valence-electron chi connectivity index (χ2n) is 8.21. The predicted octanol–water partition coefficient (Wildman–Crippen LogP) is 2.07. The minimum atomic E-state index is -0.236. The Hall–Kier alpha value is -1.66. The van der Waals surface area contributed by atoms with Crippen LogP contribution < -0.4 is 4.74 Å². The van der Waals surface area contributed by atoms with Crippen LogP contribution in [0.15, 0.2) is 18.2 Å². The van der Waals surface area contributed by atoms with Crippen molar-refractivity contribution in [1.29, 1.82) is 0 Å². The molecule has 5 rings (SSSR count). The fraction of sp³-hybridized carbons (Fsp3) is 0.650. The molecule has 6 heteroatoms. The van der Waals surface area contributed by atoms with E-state index < -0.39 is 0 Å². The number of likely N-dealkylation sites (tertiary alicyclic amines) is 2. The van der Waals surface area contributed by atoms with Gasteiger partial charge in [-0.15, -0.1) is 0 Å². The van der Waals surface area contributed by atoms with Crippen molar-refractivity contribution in [2.75, 3.05) is 39.9 Å². The lowest BCUT2D eigenvalue weighted by Gasteiger charge is -2.41. The Kier molecular flexibility index (Phi) is 3.94. The van der Waals surface area contributed by atoms with Gasteiger partial charge in [-0.2, -0.15) is 0 Å². The predicted molar refractivity (Wildman–Crippen MR) is 93.3 cm³/mol. The highest BCUT2D eigenvalue weighted by molar-refractivity contribution is 5.81. The van der Waals surface area contributed by atoms with Crippen molar-refractivity contribution in [3.63, 3.8) is 0 Å². The zero-order chi connectivity index (χ0) is 17.8. The summed E-state index contributed by atoms with van der Waals surface area (Å²) >= 11 is 0. The first-order chi connectivity index (χ1) is 12.6. The number of hydrogen-bond donors (Lipinski definition) is 0. The van der Waals surface area contributed by atoms with Gasteiger partial charge in [-0.25, -0.2) is 4.39 Å². The molecule has 1 aliphatic carbocycles. The van der Waals surface area contributed by atoms with Gasteiger partial charge in [0.25, 0.3) is 0 Å². The van der Waals surface area contributed by atoms with Gasteiger partial charge in [-0.05, 0) is 37.0 Å². The molecule has 2 saturated heterocycles. The molecule has 1 amide bonds. The van der Waals surface area contributed by atoms with Crippen LogP contribution in [0.2, 0.25) is 0 Å². The van der Waals surface area contributed by atoms with Crippen molar-refractivity contribution in [1.82, 2.24) is 9.80 Å². The Labute approximate surface area is 153 Å². The maximum absolute atomic E-state index is 13.9. The Morgan fingerprint density at radius 2 is 2.12 bits per heavy atom. The van der Waals surface area contributed by atoms with Crippen LogP contribution in [0.3, 0.4) is 0 Å². The summed E-state index contributed by atoms with van der Waals surface area (Å²) in [5.74, 6) is 1.48. The van der Waals surface area contributed by atoms with E-state index in [1.165, 1.54) is 18.9 Å². The summed E-state index contributed by atoms with van der Waals surface area (Å²) in [6.07, 6.45) is 2.69. The van der Waals surface area contributed by atoms with E-state index in [9.17, 15) is 9.18 Å². The van der Waals surface area contributed by atoms with Crippen LogP contribution in [-0.2, 0) is 9.53 Å². The highest BCUT2D eigenvalue weighted by atomic mass is 19.1. The summed E-state index contributed by atoms with van der Waals surface area (Å²) in [5, 5.41) is 0. The average Bonchev–Trinajstić information content (AvgIpc) is 3.33. The molecule has 1 aromatic carbocycles. The van der Waals surface area contributed by atoms with Gasteiger partial charge in [0, 0.05) is 50.8 Å². The van der Waals surface area contributed by atoms with Crippen LogP contribution in [0.25, 0.3) is 0 Å². The van der Waals surface area contributed by atoms with Crippen molar-refractivity contribution >= 4 is 5.91 Å². The van der Waals surface area contributed by atoms with Crippen molar-refractivity contribution in [3.05, 3.63) is 29.6 Å². The van der Waals surface area contributed by atoms with Crippen LogP contribution in [0.1, 0.15) is 24.4 Å². The van der Waals surface area contributed by atoms with Gasteiger partial charge in [-0.3, -0.25) is 9.69 Å². The van der Waals surface area contributed by atoms with E-state index >= 15 is 0 Å². The summed E-state index contributed by atoms with van der Waals surface area (Å²) in [6, 6.07) is 4.86. The zero-order valence-corrected chi connectivity index (χ0v) is 15.1. The van der Waals surface area contributed by atoms with Crippen molar-refractivity contribution < 1.29 is 18.7 Å². The molecule has 1 saturated carbocycles. The Balaban J connectivity index is 1.42. The van der Waals surface area contributed by atoms with E-state index in [1.54, 1.807) is 19.2 Å². The number of carbonyl (C=O) groups is 1. The largest absolute Gasteiger partial charge is 0.493 e. The summed E-state index contributed by atoms with van der Waals surface area (Å²) in [7, 11) is 1.69. The molecule has 140 valence electrons. The second kappa shape index (κ2) is 6.20. The highest BCUT2D eigenvalue weighted by Crippen LogP contribution is 2.49. The molecule has 26 heavy (non-hydrogen) atoms. The first-order valence-electron chi connectivity index (χ1n) is 9.62. The molecule has 4 aliphatic rings. The fourth-order valence-corrected chi connectivity index (χ4v) is 4.78. The molecule has 0 spiro atoms. The Bertz CT molecular complexity index is 717. The van der Waals surface area contributed by atoms with E-state index in [1.807, 2.05) is 4.90 Å².